The predicted octanol–water partition coefficient (Wildman–Crippen LogP) is 1.60. The van der Waals surface area contributed by atoms with Crippen LogP contribution in [0.4, 0.5) is 5.69 Å². The summed E-state index contributed by atoms with van der Waals surface area (Å²) in [5, 5.41) is 4.06. The second-order valence-corrected chi connectivity index (χ2v) is 7.14. The number of rotatable bonds is 4. The molecule has 2 aromatic rings. The van der Waals surface area contributed by atoms with Gasteiger partial charge < -0.3 is 9.80 Å². The summed E-state index contributed by atoms with van der Waals surface area (Å²) in [4.78, 5) is 33.3. The minimum Gasteiger partial charge on any atom is -0.341 e. The fourth-order valence-corrected chi connectivity index (χ4v) is 4.28. The number of likely N-dealkylation sites (N-methyl/N-ethyl adjacent to an activating group) is 1. The van der Waals surface area contributed by atoms with Gasteiger partial charge in [-0.25, -0.2) is 4.98 Å². The van der Waals surface area contributed by atoms with Gasteiger partial charge in [-0.15, -0.1) is 0 Å². The van der Waals surface area contributed by atoms with Gasteiger partial charge in [0.05, 0.1) is 5.41 Å². The lowest BCUT2D eigenvalue weighted by Gasteiger charge is -2.39. The summed E-state index contributed by atoms with van der Waals surface area (Å²) in [6.45, 7) is 1.88. The molecule has 2 aliphatic heterocycles. The van der Waals surface area contributed by atoms with Gasteiger partial charge in [0.1, 0.15) is 12.7 Å². The summed E-state index contributed by atoms with van der Waals surface area (Å²) in [5.74, 6) is 0.225. The SMILES string of the molecule is CN1C(=O)C2(CCCN(C(=O)CCCn3cncn3)C2)c2ccccc21. The maximum absolute atomic E-state index is 13.0. The van der Waals surface area contributed by atoms with Crippen molar-refractivity contribution in [1.29, 1.82) is 0 Å². The second kappa shape index (κ2) is 6.55. The van der Waals surface area contributed by atoms with Crippen LogP contribution in [0.1, 0.15) is 31.2 Å². The third-order valence-electron chi connectivity index (χ3n) is 5.58. The average Bonchev–Trinajstić information content (AvgIpc) is 3.25. The molecule has 7 nitrogen and oxygen atoms in total. The van der Waals surface area contributed by atoms with Crippen LogP contribution in [-0.4, -0.2) is 51.6 Å². The summed E-state index contributed by atoms with van der Waals surface area (Å²) in [7, 11) is 1.83. The fraction of sp³-hybridized carbons (Fsp3) is 0.474. The van der Waals surface area contributed by atoms with E-state index in [2.05, 4.69) is 10.1 Å². The van der Waals surface area contributed by atoms with Gasteiger partial charge >= 0.3 is 0 Å². The van der Waals surface area contributed by atoms with Crippen molar-refractivity contribution in [3.05, 3.63) is 42.5 Å². The van der Waals surface area contributed by atoms with Crippen molar-refractivity contribution in [3.63, 3.8) is 0 Å². The molecule has 26 heavy (non-hydrogen) atoms. The Morgan fingerprint density at radius 1 is 1.31 bits per heavy atom. The van der Waals surface area contributed by atoms with Crippen molar-refractivity contribution in [2.45, 2.75) is 37.6 Å². The molecule has 0 aliphatic carbocycles. The van der Waals surface area contributed by atoms with Gasteiger partial charge in [0.2, 0.25) is 11.8 Å². The number of piperidine rings is 1. The minimum absolute atomic E-state index is 0.110. The lowest BCUT2D eigenvalue weighted by molar-refractivity contribution is -0.136. The van der Waals surface area contributed by atoms with Gasteiger partial charge in [-0.3, -0.25) is 14.3 Å². The molecule has 0 radical (unpaired) electrons. The van der Waals surface area contributed by atoms with E-state index in [-0.39, 0.29) is 11.8 Å². The molecule has 1 unspecified atom stereocenters. The van der Waals surface area contributed by atoms with E-state index in [9.17, 15) is 9.59 Å². The lowest BCUT2D eigenvalue weighted by Crippen LogP contribution is -2.53. The number of aryl methyl sites for hydroxylation is 1. The molecule has 4 rings (SSSR count). The Hall–Kier alpha value is -2.70. The van der Waals surface area contributed by atoms with Crippen LogP contribution in [0.2, 0.25) is 0 Å². The number of amides is 2. The number of fused-ring (bicyclic) bond motifs is 2. The molecular weight excluding hydrogens is 330 g/mol. The molecule has 2 amide bonds. The highest BCUT2D eigenvalue weighted by atomic mass is 16.2. The number of benzene rings is 1. The van der Waals surface area contributed by atoms with Crippen LogP contribution in [0.5, 0.6) is 0 Å². The topological polar surface area (TPSA) is 71.3 Å². The van der Waals surface area contributed by atoms with E-state index >= 15 is 0 Å². The Morgan fingerprint density at radius 2 is 2.15 bits per heavy atom. The summed E-state index contributed by atoms with van der Waals surface area (Å²) >= 11 is 0. The van der Waals surface area contributed by atoms with Gasteiger partial charge in [0.25, 0.3) is 0 Å². The number of nitrogens with zero attached hydrogens (tertiary/aromatic N) is 5. The van der Waals surface area contributed by atoms with Crippen molar-refractivity contribution in [2.75, 3.05) is 25.0 Å². The molecule has 1 spiro atoms. The summed E-state index contributed by atoms with van der Waals surface area (Å²) in [5.41, 5.74) is 1.45. The smallest absolute Gasteiger partial charge is 0.239 e. The largest absolute Gasteiger partial charge is 0.341 e. The first-order valence-corrected chi connectivity index (χ1v) is 9.10. The highest BCUT2D eigenvalue weighted by Crippen LogP contribution is 2.46. The van der Waals surface area contributed by atoms with Gasteiger partial charge in [-0.05, 0) is 30.9 Å². The van der Waals surface area contributed by atoms with Gasteiger partial charge in [-0.1, -0.05) is 18.2 Å². The first-order chi connectivity index (χ1) is 12.6. The van der Waals surface area contributed by atoms with Crippen molar-refractivity contribution in [1.82, 2.24) is 19.7 Å². The molecule has 0 saturated carbocycles. The van der Waals surface area contributed by atoms with Crippen LogP contribution >= 0.6 is 0 Å². The summed E-state index contributed by atoms with van der Waals surface area (Å²) in [6.07, 6.45) is 5.98. The summed E-state index contributed by atoms with van der Waals surface area (Å²) in [6, 6.07) is 7.96. The summed E-state index contributed by atoms with van der Waals surface area (Å²) < 4.78 is 1.73. The molecule has 1 atom stereocenters. The third kappa shape index (κ3) is 2.67. The van der Waals surface area contributed by atoms with E-state index in [0.717, 1.165) is 37.1 Å². The Bertz CT molecular complexity index is 819. The Labute approximate surface area is 152 Å². The van der Waals surface area contributed by atoms with Crippen LogP contribution in [0.15, 0.2) is 36.9 Å². The van der Waals surface area contributed by atoms with Crippen LogP contribution < -0.4 is 4.90 Å². The number of hydrogen-bond donors (Lipinski definition) is 0. The number of likely N-dealkylation sites (tertiary alicyclic amines) is 1. The third-order valence-corrected chi connectivity index (χ3v) is 5.58. The Balaban J connectivity index is 1.47. The molecule has 0 bridgehead atoms. The highest BCUT2D eigenvalue weighted by molar-refractivity contribution is 6.08. The molecule has 1 aromatic carbocycles. The fourth-order valence-electron chi connectivity index (χ4n) is 4.28. The van der Waals surface area contributed by atoms with Crippen LogP contribution in [0.3, 0.4) is 0 Å². The standard InChI is InChI=1S/C19H23N5O2/c1-22-16-7-3-2-6-15(16)19(18(22)26)9-5-10-23(12-19)17(25)8-4-11-24-14-20-13-21-24/h2-3,6-7,13-14H,4-5,8-12H2,1H3. The quantitative estimate of drug-likeness (QED) is 0.837. The van der Waals surface area contributed by atoms with Crippen molar-refractivity contribution >= 4 is 17.5 Å². The van der Waals surface area contributed by atoms with Crippen molar-refractivity contribution in [3.8, 4) is 0 Å². The average molecular weight is 353 g/mol. The molecule has 1 saturated heterocycles. The van der Waals surface area contributed by atoms with Crippen LogP contribution in [-0.2, 0) is 21.5 Å². The predicted molar refractivity (Wildman–Crippen MR) is 96.6 cm³/mol. The van der Waals surface area contributed by atoms with Crippen molar-refractivity contribution in [2.24, 2.45) is 0 Å². The minimum atomic E-state index is -0.578. The van der Waals surface area contributed by atoms with Gasteiger partial charge in [0.15, 0.2) is 0 Å². The maximum atomic E-state index is 13.0. The number of anilines is 1. The van der Waals surface area contributed by atoms with E-state index < -0.39 is 5.41 Å². The zero-order valence-corrected chi connectivity index (χ0v) is 15.0. The number of para-hydroxylation sites is 1. The zero-order chi connectivity index (χ0) is 18.1. The lowest BCUT2D eigenvalue weighted by atomic mass is 9.75. The number of hydrogen-bond acceptors (Lipinski definition) is 4. The number of carbonyl (C=O) groups is 2. The zero-order valence-electron chi connectivity index (χ0n) is 15.0. The first-order valence-electron chi connectivity index (χ1n) is 9.10. The van der Waals surface area contributed by atoms with Crippen molar-refractivity contribution < 1.29 is 9.59 Å². The molecule has 7 heteroatoms. The molecule has 0 N–H and O–H groups in total. The molecule has 2 aliphatic rings. The van der Waals surface area contributed by atoms with E-state index in [4.69, 9.17) is 0 Å². The first kappa shape index (κ1) is 16.8. The monoisotopic (exact) mass is 353 g/mol. The molecule has 136 valence electrons. The van der Waals surface area contributed by atoms with Gasteiger partial charge in [-0.2, -0.15) is 5.10 Å². The highest BCUT2D eigenvalue weighted by Gasteiger charge is 2.52. The second-order valence-electron chi connectivity index (χ2n) is 7.14. The molecule has 1 fully saturated rings. The number of carbonyl (C=O) groups excluding carboxylic acids is 2. The van der Waals surface area contributed by atoms with E-state index in [1.165, 1.54) is 6.33 Å². The molecule has 3 heterocycles. The van der Waals surface area contributed by atoms with E-state index in [0.29, 0.717) is 19.5 Å². The van der Waals surface area contributed by atoms with Crippen LogP contribution in [0, 0.1) is 0 Å². The maximum Gasteiger partial charge on any atom is 0.239 e. The Morgan fingerprint density at radius 3 is 2.96 bits per heavy atom. The van der Waals surface area contributed by atoms with Crippen LogP contribution in [0.25, 0.3) is 0 Å². The van der Waals surface area contributed by atoms with Gasteiger partial charge in [0, 0.05) is 38.8 Å². The molecule has 1 aromatic heterocycles. The molecular formula is C19H23N5O2. The van der Waals surface area contributed by atoms with E-state index in [1.807, 2.05) is 36.2 Å². The number of aromatic nitrogens is 3. The van der Waals surface area contributed by atoms with E-state index in [1.54, 1.807) is 15.9 Å². The Kier molecular flexibility index (Phi) is 4.22. The normalized spacial score (nSPS) is 22.1.